The maximum absolute atomic E-state index is 11.9. The zero-order valence-electron chi connectivity index (χ0n) is 11.0. The quantitative estimate of drug-likeness (QED) is 0.806. The van der Waals surface area contributed by atoms with E-state index in [-0.39, 0.29) is 5.91 Å². The Morgan fingerprint density at radius 1 is 1.39 bits per heavy atom. The predicted molar refractivity (Wildman–Crippen MR) is 73.0 cm³/mol. The van der Waals surface area contributed by atoms with E-state index in [2.05, 4.69) is 12.2 Å². The average Bonchev–Trinajstić information content (AvgIpc) is 3.08. The lowest BCUT2D eigenvalue weighted by atomic mass is 10.0. The molecule has 1 aromatic rings. The van der Waals surface area contributed by atoms with Gasteiger partial charge in [0.15, 0.2) is 0 Å². The predicted octanol–water partition coefficient (Wildman–Crippen LogP) is 1.99. The topological polar surface area (TPSA) is 55.1 Å². The smallest absolute Gasteiger partial charge is 0.224 e. The summed E-state index contributed by atoms with van der Waals surface area (Å²) < 4.78 is 0. The number of nitrogens with two attached hydrogens (primary N) is 1. The molecule has 0 aromatic heterocycles. The molecule has 0 radical (unpaired) electrons. The first-order valence-electron chi connectivity index (χ1n) is 6.80. The molecule has 1 saturated carbocycles. The Hall–Kier alpha value is -1.35. The van der Waals surface area contributed by atoms with Crippen LogP contribution in [0.1, 0.15) is 37.3 Å². The summed E-state index contributed by atoms with van der Waals surface area (Å²) >= 11 is 0. The minimum absolute atomic E-state index is 0.125. The van der Waals surface area contributed by atoms with Gasteiger partial charge >= 0.3 is 0 Å². The van der Waals surface area contributed by atoms with E-state index in [1.807, 2.05) is 24.3 Å². The molecule has 1 aromatic carbocycles. The van der Waals surface area contributed by atoms with Crippen molar-refractivity contribution in [3.63, 3.8) is 0 Å². The zero-order chi connectivity index (χ0) is 13.0. The summed E-state index contributed by atoms with van der Waals surface area (Å²) in [5.74, 6) is 0.836. The van der Waals surface area contributed by atoms with Crippen molar-refractivity contribution < 1.29 is 4.79 Å². The Morgan fingerprint density at radius 3 is 2.78 bits per heavy atom. The third-order valence-corrected chi connectivity index (χ3v) is 3.62. The first-order valence-corrected chi connectivity index (χ1v) is 6.80. The summed E-state index contributed by atoms with van der Waals surface area (Å²) in [6.07, 6.45) is 4.03. The standard InChI is InChI=1S/C15H22N2O/c1-2-5-12-8-14(12)17-15(18)9-11-6-3-4-7-13(11)10-16/h3-4,6-7,12,14H,2,5,8-10,16H2,1H3,(H,17,18). The van der Waals surface area contributed by atoms with Crippen molar-refractivity contribution in [2.45, 2.75) is 45.2 Å². The molecule has 0 spiro atoms. The maximum atomic E-state index is 11.9. The number of hydrogen-bond donors (Lipinski definition) is 2. The van der Waals surface area contributed by atoms with Crippen molar-refractivity contribution >= 4 is 5.91 Å². The van der Waals surface area contributed by atoms with Crippen LogP contribution < -0.4 is 11.1 Å². The lowest BCUT2D eigenvalue weighted by Crippen LogP contribution is -2.28. The van der Waals surface area contributed by atoms with Gasteiger partial charge in [0.05, 0.1) is 6.42 Å². The first kappa shape index (κ1) is 13.1. The van der Waals surface area contributed by atoms with Gasteiger partial charge in [-0.15, -0.1) is 0 Å². The van der Waals surface area contributed by atoms with Gasteiger partial charge in [-0.1, -0.05) is 37.6 Å². The van der Waals surface area contributed by atoms with E-state index in [0.717, 1.165) is 17.5 Å². The normalized spacial score (nSPS) is 21.7. The van der Waals surface area contributed by atoms with E-state index < -0.39 is 0 Å². The van der Waals surface area contributed by atoms with Crippen molar-refractivity contribution in [3.8, 4) is 0 Å². The molecule has 1 aliphatic rings. The second-order valence-electron chi connectivity index (χ2n) is 5.11. The molecule has 18 heavy (non-hydrogen) atoms. The van der Waals surface area contributed by atoms with Crippen molar-refractivity contribution in [1.82, 2.24) is 5.32 Å². The summed E-state index contributed by atoms with van der Waals surface area (Å²) in [7, 11) is 0. The molecule has 98 valence electrons. The van der Waals surface area contributed by atoms with Crippen LogP contribution in [-0.4, -0.2) is 11.9 Å². The highest BCUT2D eigenvalue weighted by Crippen LogP contribution is 2.34. The first-order chi connectivity index (χ1) is 8.74. The van der Waals surface area contributed by atoms with Crippen LogP contribution in [0, 0.1) is 5.92 Å². The Balaban J connectivity index is 1.84. The molecule has 1 amide bonds. The molecule has 1 fully saturated rings. The van der Waals surface area contributed by atoms with Crippen LogP contribution in [0.5, 0.6) is 0 Å². The highest BCUT2D eigenvalue weighted by Gasteiger charge is 2.36. The molecule has 3 N–H and O–H groups in total. The number of rotatable bonds is 6. The second kappa shape index (κ2) is 6.01. The molecule has 2 rings (SSSR count). The SMILES string of the molecule is CCCC1CC1NC(=O)Cc1ccccc1CN. The zero-order valence-corrected chi connectivity index (χ0v) is 11.0. The van der Waals surface area contributed by atoms with Gasteiger partial charge in [0.2, 0.25) is 5.91 Å². The highest BCUT2D eigenvalue weighted by atomic mass is 16.1. The number of hydrogen-bond acceptors (Lipinski definition) is 2. The lowest BCUT2D eigenvalue weighted by molar-refractivity contribution is -0.120. The molecule has 3 nitrogen and oxygen atoms in total. The van der Waals surface area contributed by atoms with Crippen LogP contribution in [0.3, 0.4) is 0 Å². The van der Waals surface area contributed by atoms with Gasteiger partial charge in [-0.25, -0.2) is 0 Å². The third kappa shape index (κ3) is 3.33. The number of amides is 1. The van der Waals surface area contributed by atoms with Crippen LogP contribution in [0.4, 0.5) is 0 Å². The third-order valence-electron chi connectivity index (χ3n) is 3.62. The molecule has 0 heterocycles. The van der Waals surface area contributed by atoms with Crippen molar-refractivity contribution in [2.24, 2.45) is 11.7 Å². The summed E-state index contributed by atoms with van der Waals surface area (Å²) in [6.45, 7) is 2.68. The fourth-order valence-corrected chi connectivity index (χ4v) is 2.47. The van der Waals surface area contributed by atoms with Gasteiger partial charge in [-0.3, -0.25) is 4.79 Å². The van der Waals surface area contributed by atoms with Gasteiger partial charge in [0.1, 0.15) is 0 Å². The van der Waals surface area contributed by atoms with Crippen LogP contribution in [-0.2, 0) is 17.8 Å². The van der Waals surface area contributed by atoms with Gasteiger partial charge in [0, 0.05) is 12.6 Å². The van der Waals surface area contributed by atoms with Gasteiger partial charge in [-0.2, -0.15) is 0 Å². The average molecular weight is 246 g/mol. The summed E-state index contributed by atoms with van der Waals surface area (Å²) in [4.78, 5) is 11.9. The minimum atomic E-state index is 0.125. The van der Waals surface area contributed by atoms with Crippen molar-refractivity contribution in [3.05, 3.63) is 35.4 Å². The molecule has 0 bridgehead atoms. The van der Waals surface area contributed by atoms with Crippen molar-refractivity contribution in [2.75, 3.05) is 0 Å². The fourth-order valence-electron chi connectivity index (χ4n) is 2.47. The molecule has 0 aliphatic heterocycles. The van der Waals surface area contributed by atoms with Crippen LogP contribution in [0.15, 0.2) is 24.3 Å². The van der Waals surface area contributed by atoms with Crippen molar-refractivity contribution in [1.29, 1.82) is 0 Å². The van der Waals surface area contributed by atoms with E-state index in [1.54, 1.807) is 0 Å². The molecule has 2 unspecified atom stereocenters. The van der Waals surface area contributed by atoms with Crippen LogP contribution >= 0.6 is 0 Å². The van der Waals surface area contributed by atoms with E-state index in [4.69, 9.17) is 5.73 Å². The molecule has 3 heteroatoms. The molecule has 0 saturated heterocycles. The summed E-state index contributed by atoms with van der Waals surface area (Å²) in [5, 5.41) is 3.11. The molecule has 1 aliphatic carbocycles. The Morgan fingerprint density at radius 2 is 2.11 bits per heavy atom. The van der Waals surface area contributed by atoms with Gasteiger partial charge < -0.3 is 11.1 Å². The number of benzene rings is 1. The van der Waals surface area contributed by atoms with Gasteiger partial charge in [-0.05, 0) is 29.9 Å². The fraction of sp³-hybridized carbons (Fsp3) is 0.533. The number of carbonyl (C=O) groups is 1. The minimum Gasteiger partial charge on any atom is -0.353 e. The number of carbonyl (C=O) groups excluding carboxylic acids is 1. The van der Waals surface area contributed by atoms with E-state index in [0.29, 0.717) is 24.9 Å². The summed E-state index contributed by atoms with van der Waals surface area (Å²) in [5.41, 5.74) is 7.78. The van der Waals surface area contributed by atoms with E-state index in [9.17, 15) is 4.79 Å². The maximum Gasteiger partial charge on any atom is 0.224 e. The van der Waals surface area contributed by atoms with E-state index >= 15 is 0 Å². The van der Waals surface area contributed by atoms with Crippen LogP contribution in [0.25, 0.3) is 0 Å². The Labute approximate surface area is 109 Å². The van der Waals surface area contributed by atoms with Gasteiger partial charge in [0.25, 0.3) is 0 Å². The highest BCUT2D eigenvalue weighted by molar-refractivity contribution is 5.79. The monoisotopic (exact) mass is 246 g/mol. The molecular weight excluding hydrogens is 224 g/mol. The number of nitrogens with one attached hydrogen (secondary N) is 1. The second-order valence-corrected chi connectivity index (χ2v) is 5.11. The molecular formula is C15H22N2O. The Kier molecular flexibility index (Phi) is 4.37. The van der Waals surface area contributed by atoms with Crippen LogP contribution in [0.2, 0.25) is 0 Å². The van der Waals surface area contributed by atoms with E-state index in [1.165, 1.54) is 12.8 Å². The summed E-state index contributed by atoms with van der Waals surface area (Å²) in [6, 6.07) is 8.31. The Bertz CT molecular complexity index is 417. The lowest BCUT2D eigenvalue weighted by Gasteiger charge is -2.08. The largest absolute Gasteiger partial charge is 0.353 e. The molecule has 2 atom stereocenters.